The smallest absolute Gasteiger partial charge is 0.230 e. The van der Waals surface area contributed by atoms with E-state index >= 15 is 0 Å². The number of amides is 1. The van der Waals surface area contributed by atoms with Crippen LogP contribution in [0.25, 0.3) is 0 Å². The maximum atomic E-state index is 11.4. The molecule has 1 aromatic rings. The number of nitrogens with one attached hydrogen (secondary N) is 1. The van der Waals surface area contributed by atoms with Crippen LogP contribution in [0.4, 0.5) is 0 Å². The topological polar surface area (TPSA) is 54.9 Å². The molecule has 1 amide bonds. The first-order valence-corrected chi connectivity index (χ1v) is 8.40. The summed E-state index contributed by atoms with van der Waals surface area (Å²) < 4.78 is 1.84. The second-order valence-electron chi connectivity index (χ2n) is 3.26. The number of thioether (sulfide) groups is 2. The largest absolute Gasteiger partial charge is 0.355 e. The van der Waals surface area contributed by atoms with E-state index < -0.39 is 0 Å². The Bertz CT molecular complexity index is 343. The number of rotatable bonds is 8. The molecule has 0 aromatic carbocycles. The van der Waals surface area contributed by atoms with Gasteiger partial charge in [-0.15, -0.1) is 10.2 Å². The molecule has 1 aromatic heterocycles. The molecule has 0 spiro atoms. The zero-order chi connectivity index (χ0) is 12.5. The molecular formula is C10H17N3OS3. The Morgan fingerprint density at radius 2 is 2.00 bits per heavy atom. The van der Waals surface area contributed by atoms with Crippen molar-refractivity contribution < 1.29 is 4.79 Å². The highest BCUT2D eigenvalue weighted by atomic mass is 32.2. The highest BCUT2D eigenvalue weighted by molar-refractivity contribution is 8.03. The molecule has 17 heavy (non-hydrogen) atoms. The van der Waals surface area contributed by atoms with Crippen LogP contribution in [0.5, 0.6) is 0 Å². The van der Waals surface area contributed by atoms with Gasteiger partial charge in [-0.25, -0.2) is 0 Å². The Morgan fingerprint density at radius 3 is 2.65 bits per heavy atom. The SMILES string of the molecule is CCCCNC(=O)CSc1nnc(SCC)s1. The minimum atomic E-state index is 0.0725. The average Bonchev–Trinajstić information content (AvgIpc) is 2.75. The lowest BCUT2D eigenvalue weighted by Gasteiger charge is -2.01. The molecule has 1 heterocycles. The van der Waals surface area contributed by atoms with Crippen LogP contribution < -0.4 is 5.32 Å². The molecule has 0 saturated carbocycles. The van der Waals surface area contributed by atoms with Crippen LogP contribution in [-0.4, -0.2) is 34.2 Å². The van der Waals surface area contributed by atoms with Crippen molar-refractivity contribution >= 4 is 40.8 Å². The van der Waals surface area contributed by atoms with Crippen LogP contribution in [0.1, 0.15) is 26.7 Å². The van der Waals surface area contributed by atoms with Gasteiger partial charge in [0.1, 0.15) is 0 Å². The van der Waals surface area contributed by atoms with E-state index in [4.69, 9.17) is 0 Å². The molecule has 0 aliphatic carbocycles. The maximum Gasteiger partial charge on any atom is 0.230 e. The van der Waals surface area contributed by atoms with Gasteiger partial charge in [-0.2, -0.15) is 0 Å². The summed E-state index contributed by atoms with van der Waals surface area (Å²) in [4.78, 5) is 11.4. The van der Waals surface area contributed by atoms with Gasteiger partial charge in [0.2, 0.25) is 5.91 Å². The standard InChI is InChI=1S/C10H17N3OS3/c1-3-5-6-11-8(14)7-16-10-13-12-9(17-10)15-4-2/h3-7H2,1-2H3,(H,11,14). The molecule has 0 fully saturated rings. The van der Waals surface area contributed by atoms with Crippen LogP contribution in [0, 0.1) is 0 Å². The van der Waals surface area contributed by atoms with Crippen LogP contribution in [0.3, 0.4) is 0 Å². The van der Waals surface area contributed by atoms with Crippen molar-refractivity contribution in [2.24, 2.45) is 0 Å². The first-order chi connectivity index (χ1) is 8.26. The fraction of sp³-hybridized carbons (Fsp3) is 0.700. The monoisotopic (exact) mass is 291 g/mol. The third kappa shape index (κ3) is 6.28. The second kappa shape index (κ2) is 8.77. The molecule has 0 unspecified atom stereocenters. The molecule has 0 aliphatic heterocycles. The number of nitrogens with zero attached hydrogens (tertiary/aromatic N) is 2. The lowest BCUT2D eigenvalue weighted by atomic mass is 10.3. The second-order valence-corrected chi connectivity index (χ2v) is 6.97. The first-order valence-electron chi connectivity index (χ1n) is 5.62. The molecule has 0 atom stereocenters. The Hall–Kier alpha value is -0.270. The van der Waals surface area contributed by atoms with E-state index in [9.17, 15) is 4.79 Å². The quantitative estimate of drug-likeness (QED) is 0.589. The van der Waals surface area contributed by atoms with Crippen molar-refractivity contribution in [1.29, 1.82) is 0 Å². The van der Waals surface area contributed by atoms with Crippen LogP contribution in [0.15, 0.2) is 8.68 Å². The fourth-order valence-electron chi connectivity index (χ4n) is 1.02. The van der Waals surface area contributed by atoms with Gasteiger partial charge in [0.15, 0.2) is 8.68 Å². The number of carbonyl (C=O) groups excluding carboxylic acids is 1. The molecule has 0 aliphatic rings. The van der Waals surface area contributed by atoms with Crippen LogP contribution in [-0.2, 0) is 4.79 Å². The number of unbranched alkanes of at least 4 members (excludes halogenated alkanes) is 1. The van der Waals surface area contributed by atoms with Gasteiger partial charge in [-0.3, -0.25) is 4.79 Å². The highest BCUT2D eigenvalue weighted by Gasteiger charge is 2.07. The Morgan fingerprint density at radius 1 is 1.29 bits per heavy atom. The number of hydrogen-bond acceptors (Lipinski definition) is 6. The van der Waals surface area contributed by atoms with E-state index in [1.165, 1.54) is 11.8 Å². The number of hydrogen-bond donors (Lipinski definition) is 1. The Labute approximate surface area is 114 Å². The van der Waals surface area contributed by atoms with E-state index in [-0.39, 0.29) is 5.91 Å². The number of aromatic nitrogens is 2. The predicted molar refractivity (Wildman–Crippen MR) is 74.9 cm³/mol. The average molecular weight is 291 g/mol. The molecule has 4 nitrogen and oxygen atoms in total. The summed E-state index contributed by atoms with van der Waals surface area (Å²) in [6, 6.07) is 0. The van der Waals surface area contributed by atoms with E-state index in [1.54, 1.807) is 23.1 Å². The zero-order valence-corrected chi connectivity index (χ0v) is 12.5. The van der Waals surface area contributed by atoms with Crippen molar-refractivity contribution in [3.63, 3.8) is 0 Å². The number of carbonyl (C=O) groups is 1. The summed E-state index contributed by atoms with van der Waals surface area (Å²) in [7, 11) is 0. The van der Waals surface area contributed by atoms with Crippen molar-refractivity contribution in [3.05, 3.63) is 0 Å². The Kier molecular flexibility index (Phi) is 7.63. The summed E-state index contributed by atoms with van der Waals surface area (Å²) in [5.74, 6) is 1.50. The summed E-state index contributed by atoms with van der Waals surface area (Å²) in [6.07, 6.45) is 2.13. The molecule has 1 rings (SSSR count). The lowest BCUT2D eigenvalue weighted by Crippen LogP contribution is -2.25. The van der Waals surface area contributed by atoms with Gasteiger partial charge in [0, 0.05) is 6.54 Å². The minimum Gasteiger partial charge on any atom is -0.355 e. The molecular weight excluding hydrogens is 274 g/mol. The third-order valence-electron chi connectivity index (χ3n) is 1.83. The fourth-order valence-corrected chi connectivity index (χ4v) is 3.77. The van der Waals surface area contributed by atoms with Gasteiger partial charge in [0.25, 0.3) is 0 Å². The van der Waals surface area contributed by atoms with Crippen molar-refractivity contribution in [2.75, 3.05) is 18.1 Å². The summed E-state index contributed by atoms with van der Waals surface area (Å²) in [6.45, 7) is 4.96. The van der Waals surface area contributed by atoms with E-state index in [2.05, 4.69) is 29.4 Å². The van der Waals surface area contributed by atoms with Gasteiger partial charge < -0.3 is 5.32 Å². The molecule has 7 heteroatoms. The van der Waals surface area contributed by atoms with E-state index in [0.29, 0.717) is 5.75 Å². The summed E-state index contributed by atoms with van der Waals surface area (Å²) in [5.41, 5.74) is 0. The van der Waals surface area contributed by atoms with Crippen molar-refractivity contribution in [2.45, 2.75) is 35.4 Å². The van der Waals surface area contributed by atoms with Crippen LogP contribution in [0.2, 0.25) is 0 Å². The molecule has 0 bridgehead atoms. The van der Waals surface area contributed by atoms with Gasteiger partial charge in [-0.05, 0) is 12.2 Å². The van der Waals surface area contributed by atoms with Crippen molar-refractivity contribution in [3.8, 4) is 0 Å². The Balaban J connectivity index is 2.22. The predicted octanol–water partition coefficient (Wildman–Crippen LogP) is 2.66. The lowest BCUT2D eigenvalue weighted by molar-refractivity contribution is -0.118. The van der Waals surface area contributed by atoms with Gasteiger partial charge in [-0.1, -0.05) is 55.1 Å². The van der Waals surface area contributed by atoms with E-state index in [1.807, 2.05) is 0 Å². The normalized spacial score (nSPS) is 10.5. The van der Waals surface area contributed by atoms with Crippen molar-refractivity contribution in [1.82, 2.24) is 15.5 Å². The zero-order valence-electron chi connectivity index (χ0n) is 10.1. The molecule has 0 saturated heterocycles. The maximum absolute atomic E-state index is 11.4. The van der Waals surface area contributed by atoms with Gasteiger partial charge in [0.05, 0.1) is 5.75 Å². The minimum absolute atomic E-state index is 0.0725. The van der Waals surface area contributed by atoms with E-state index in [0.717, 1.165) is 33.8 Å². The highest BCUT2D eigenvalue weighted by Crippen LogP contribution is 2.28. The summed E-state index contributed by atoms with van der Waals surface area (Å²) >= 11 is 4.68. The molecule has 1 N–H and O–H groups in total. The molecule has 0 radical (unpaired) electrons. The van der Waals surface area contributed by atoms with Gasteiger partial charge >= 0.3 is 0 Å². The first kappa shape index (κ1) is 14.8. The summed E-state index contributed by atoms with van der Waals surface area (Å²) in [5, 5.41) is 10.9. The third-order valence-corrected chi connectivity index (χ3v) is 4.91. The molecule has 96 valence electrons. The van der Waals surface area contributed by atoms with Crippen LogP contribution >= 0.6 is 34.9 Å².